The number of rotatable bonds is 2. The van der Waals surface area contributed by atoms with Gasteiger partial charge in [-0.15, -0.1) is 10.2 Å². The zero-order valence-corrected chi connectivity index (χ0v) is 14.3. The molecule has 1 aromatic heterocycles. The third-order valence-corrected chi connectivity index (χ3v) is 1.74. The Morgan fingerprint density at radius 3 is 2.22 bits per heavy atom. The van der Waals surface area contributed by atoms with Crippen LogP contribution in [-0.4, -0.2) is 4.98 Å². The summed E-state index contributed by atoms with van der Waals surface area (Å²) in [5, 5.41) is 7.81. The van der Waals surface area contributed by atoms with Crippen LogP contribution >= 0.6 is 19.7 Å². The van der Waals surface area contributed by atoms with E-state index in [-0.39, 0.29) is 13.2 Å². The molecule has 0 atom stereocenters. The van der Waals surface area contributed by atoms with Crippen molar-refractivity contribution < 1.29 is 19.4 Å². The van der Waals surface area contributed by atoms with E-state index in [9.17, 15) is 4.39 Å². The molecule has 1 heterocycles. The van der Waals surface area contributed by atoms with E-state index in [4.69, 9.17) is 0 Å². The monoisotopic (exact) mass is 535 g/mol. The summed E-state index contributed by atoms with van der Waals surface area (Å²) in [6, 6.07) is 12.1. The Kier molecular flexibility index (Phi) is 9.80. The van der Waals surface area contributed by atoms with Crippen molar-refractivity contribution >= 4 is 31.2 Å². The normalized spacial score (nSPS) is 9.28. The predicted molar refractivity (Wildman–Crippen MR) is 75.2 cm³/mol. The van der Waals surface area contributed by atoms with Gasteiger partial charge in [-0.05, 0) is 24.3 Å². The molecule has 0 amide bonds. The topological polar surface area (TPSA) is 37.6 Å². The molecule has 0 aliphatic rings. The fourth-order valence-corrected chi connectivity index (χ4v) is 1.03. The number of hydrogen-bond acceptors (Lipinski definition) is 3. The number of nitrogens with zero attached hydrogens (tertiary/aromatic N) is 3. The molecule has 0 bridgehead atoms. The summed E-state index contributed by atoms with van der Waals surface area (Å²) in [5.74, 6) is 0.00825. The molecule has 0 saturated heterocycles. The summed E-state index contributed by atoms with van der Waals surface area (Å²) in [7, 11) is 0. The van der Waals surface area contributed by atoms with Crippen LogP contribution in [-0.2, 0) is 15.1 Å². The molecule has 0 spiro atoms. The van der Waals surface area contributed by atoms with Crippen LogP contribution in [0.3, 0.4) is 0 Å². The minimum absolute atomic E-state index is 0. The van der Waals surface area contributed by atoms with Gasteiger partial charge in [0.25, 0.3) is 0 Å². The SMILES string of the molecule is Fc1ccc(N=Nc2ccccc2)nc1.[CH3-].[I][Os]. The van der Waals surface area contributed by atoms with E-state index in [1.165, 1.54) is 12.1 Å². The van der Waals surface area contributed by atoms with Gasteiger partial charge in [-0.3, -0.25) is 0 Å². The Labute approximate surface area is 127 Å². The van der Waals surface area contributed by atoms with E-state index in [2.05, 4.69) is 34.9 Å². The van der Waals surface area contributed by atoms with Crippen LogP contribution in [0.1, 0.15) is 0 Å². The molecule has 0 unspecified atom stereocenters. The first-order chi connectivity index (χ1) is 8.34. The Bertz CT molecular complexity index is 463. The van der Waals surface area contributed by atoms with Crippen molar-refractivity contribution in [3.05, 3.63) is 61.9 Å². The van der Waals surface area contributed by atoms with Gasteiger partial charge >= 0.3 is 34.7 Å². The molecule has 0 saturated carbocycles. The molecule has 0 aliphatic heterocycles. The van der Waals surface area contributed by atoms with Gasteiger partial charge in [-0.25, -0.2) is 9.37 Å². The summed E-state index contributed by atoms with van der Waals surface area (Å²) in [6.45, 7) is 0. The first kappa shape index (κ1) is 17.3. The van der Waals surface area contributed by atoms with Gasteiger partial charge in [0.2, 0.25) is 0 Å². The third kappa shape index (κ3) is 6.27. The average Bonchev–Trinajstić information content (AvgIpc) is 2.42. The third-order valence-electron chi connectivity index (χ3n) is 1.74. The fourth-order valence-electron chi connectivity index (χ4n) is 1.03. The zero-order valence-electron chi connectivity index (χ0n) is 9.57. The van der Waals surface area contributed by atoms with Gasteiger partial charge in [0.1, 0.15) is 5.82 Å². The molecule has 1 aromatic carbocycles. The second-order valence-electron chi connectivity index (χ2n) is 2.87. The van der Waals surface area contributed by atoms with E-state index < -0.39 is 0 Å². The van der Waals surface area contributed by atoms with Crippen LogP contribution in [0, 0.1) is 13.2 Å². The van der Waals surface area contributed by atoms with E-state index in [1.807, 2.05) is 45.4 Å². The molecule has 2 aromatic rings. The van der Waals surface area contributed by atoms with Crippen LogP contribution in [0.5, 0.6) is 0 Å². The Morgan fingerprint density at radius 2 is 1.67 bits per heavy atom. The van der Waals surface area contributed by atoms with Crippen LogP contribution in [0.2, 0.25) is 0 Å². The summed E-state index contributed by atoms with van der Waals surface area (Å²) in [5.41, 5.74) is 0.739. The number of benzene rings is 1. The molecule has 0 N–H and O–H groups in total. The van der Waals surface area contributed by atoms with Crippen molar-refractivity contribution in [2.75, 3.05) is 0 Å². The standard InChI is InChI=1S/C11H8FN3.CH3.HI.Os/c12-9-6-7-11(13-8-9)15-14-10-4-2-1-3-5-10;;;/h1-8H;1H3;1H;/q;-1;;+1/p-1. The average molecular weight is 533 g/mol. The molecule has 97 valence electrons. The predicted octanol–water partition coefficient (Wildman–Crippen LogP) is 4.97. The van der Waals surface area contributed by atoms with Crippen molar-refractivity contribution in [2.45, 2.75) is 0 Å². The second-order valence-corrected chi connectivity index (χ2v) is 2.87. The maximum absolute atomic E-state index is 12.5. The van der Waals surface area contributed by atoms with E-state index in [1.54, 1.807) is 0 Å². The molecule has 0 aliphatic carbocycles. The molecule has 0 radical (unpaired) electrons. The fraction of sp³-hybridized carbons (Fsp3) is 0. The summed E-state index contributed by atoms with van der Waals surface area (Å²) in [6.07, 6.45) is 1.11. The van der Waals surface area contributed by atoms with Gasteiger partial charge in [-0.2, -0.15) is 0 Å². The summed E-state index contributed by atoms with van der Waals surface area (Å²) < 4.78 is 12.5. The number of aromatic nitrogens is 1. The molecular weight excluding hydrogens is 522 g/mol. The molecule has 6 heteroatoms. The van der Waals surface area contributed by atoms with Crippen LogP contribution < -0.4 is 0 Å². The molecule has 3 nitrogen and oxygen atoms in total. The van der Waals surface area contributed by atoms with Crippen LogP contribution in [0.15, 0.2) is 58.9 Å². The number of azo groups is 1. The maximum atomic E-state index is 12.5. The van der Waals surface area contributed by atoms with Crippen molar-refractivity contribution in [1.82, 2.24) is 4.98 Å². The zero-order chi connectivity index (χ0) is 12.5. The van der Waals surface area contributed by atoms with Gasteiger partial charge in [-0.1, -0.05) is 18.2 Å². The van der Waals surface area contributed by atoms with E-state index >= 15 is 0 Å². The Hall–Kier alpha value is -0.734. The van der Waals surface area contributed by atoms with Crippen molar-refractivity contribution in [3.63, 3.8) is 0 Å². The summed E-state index contributed by atoms with van der Waals surface area (Å²) >= 11 is 4.01. The van der Waals surface area contributed by atoms with Crippen LogP contribution in [0.25, 0.3) is 0 Å². The molecule has 2 rings (SSSR count). The number of hydrogen-bond donors (Lipinski definition) is 0. The van der Waals surface area contributed by atoms with Gasteiger partial charge in [0.15, 0.2) is 5.82 Å². The number of pyridine rings is 1. The van der Waals surface area contributed by atoms with Gasteiger partial charge in [0, 0.05) is 0 Å². The van der Waals surface area contributed by atoms with E-state index in [0.29, 0.717) is 5.82 Å². The quantitative estimate of drug-likeness (QED) is 0.305. The first-order valence-corrected chi connectivity index (χ1v) is 11.8. The van der Waals surface area contributed by atoms with Crippen LogP contribution in [0.4, 0.5) is 15.9 Å². The van der Waals surface area contributed by atoms with Gasteiger partial charge < -0.3 is 7.43 Å². The van der Waals surface area contributed by atoms with E-state index in [0.717, 1.165) is 11.9 Å². The first-order valence-electron chi connectivity index (χ1n) is 4.56. The Morgan fingerprint density at radius 1 is 1.00 bits per heavy atom. The van der Waals surface area contributed by atoms with Crippen molar-refractivity contribution in [1.29, 1.82) is 0 Å². The molecule has 0 fully saturated rings. The minimum atomic E-state index is -0.381. The molecule has 18 heavy (non-hydrogen) atoms. The second kappa shape index (κ2) is 10.2. The van der Waals surface area contributed by atoms with Crippen molar-refractivity contribution in [3.8, 4) is 0 Å². The van der Waals surface area contributed by atoms with Gasteiger partial charge in [0.05, 0.1) is 11.9 Å². The summed E-state index contributed by atoms with van der Waals surface area (Å²) in [4.78, 5) is 3.76. The molecular formula is C12H11FIN3Os-. The number of halogens is 2. The Balaban J connectivity index is 0.000000917. The van der Waals surface area contributed by atoms with Crippen molar-refractivity contribution in [2.24, 2.45) is 10.2 Å².